The lowest BCUT2D eigenvalue weighted by Crippen LogP contribution is -2.20. The molecule has 1 N–H and O–H groups in total. The van der Waals surface area contributed by atoms with E-state index in [0.29, 0.717) is 23.1 Å². The molecule has 0 bridgehead atoms. The summed E-state index contributed by atoms with van der Waals surface area (Å²) in [6.07, 6.45) is 0.852. The van der Waals surface area contributed by atoms with Gasteiger partial charge in [-0.15, -0.1) is 0 Å². The number of methoxy groups -OCH3 is 1. The first-order valence-corrected chi connectivity index (χ1v) is 7.73. The monoisotopic (exact) mass is 333 g/mol. The maximum atomic E-state index is 12.0. The van der Waals surface area contributed by atoms with E-state index in [4.69, 9.17) is 21.1 Å². The molecule has 2 aromatic carbocycles. The highest BCUT2D eigenvalue weighted by Crippen LogP contribution is 2.20. The summed E-state index contributed by atoms with van der Waals surface area (Å²) in [7, 11) is 1.68. The van der Waals surface area contributed by atoms with Crippen LogP contribution in [0.15, 0.2) is 42.5 Å². The molecule has 0 aromatic heterocycles. The molecule has 122 valence electrons. The van der Waals surface area contributed by atoms with E-state index in [1.54, 1.807) is 19.2 Å². The van der Waals surface area contributed by atoms with Crippen LogP contribution in [0.4, 0.5) is 5.69 Å². The summed E-state index contributed by atoms with van der Waals surface area (Å²) in [5.74, 6) is 0.433. The first-order chi connectivity index (χ1) is 11.1. The number of anilines is 1. The van der Waals surface area contributed by atoms with Gasteiger partial charge in [-0.3, -0.25) is 4.79 Å². The molecule has 0 spiro atoms. The van der Waals surface area contributed by atoms with Crippen molar-refractivity contribution in [3.05, 3.63) is 58.6 Å². The molecule has 0 saturated carbocycles. The van der Waals surface area contributed by atoms with Gasteiger partial charge in [0.1, 0.15) is 5.75 Å². The molecule has 0 aliphatic carbocycles. The molecule has 0 atom stereocenters. The fourth-order valence-electron chi connectivity index (χ4n) is 2.04. The van der Waals surface area contributed by atoms with Gasteiger partial charge in [0.15, 0.2) is 6.61 Å². The molecule has 5 heteroatoms. The smallest absolute Gasteiger partial charge is 0.262 e. The van der Waals surface area contributed by atoms with Crippen LogP contribution in [-0.4, -0.2) is 26.2 Å². The fraction of sp³-hybridized carbons (Fsp3) is 0.278. The van der Waals surface area contributed by atoms with Crippen molar-refractivity contribution < 1.29 is 14.3 Å². The summed E-state index contributed by atoms with van der Waals surface area (Å²) in [5.41, 5.74) is 2.81. The van der Waals surface area contributed by atoms with E-state index in [9.17, 15) is 4.79 Å². The quantitative estimate of drug-likeness (QED) is 0.837. The predicted octanol–water partition coefficient (Wildman–Crippen LogP) is 3.85. The lowest BCUT2D eigenvalue weighted by molar-refractivity contribution is -0.118. The van der Waals surface area contributed by atoms with Gasteiger partial charge in [0.05, 0.1) is 6.61 Å². The van der Waals surface area contributed by atoms with Crippen molar-refractivity contribution in [1.29, 1.82) is 0 Å². The Labute approximate surface area is 141 Å². The second-order valence-electron chi connectivity index (χ2n) is 5.18. The number of amides is 1. The first kappa shape index (κ1) is 17.3. The van der Waals surface area contributed by atoms with Gasteiger partial charge in [-0.1, -0.05) is 29.8 Å². The number of carbonyl (C=O) groups is 1. The summed E-state index contributed by atoms with van der Waals surface area (Å²) in [6, 6.07) is 13.0. The molecule has 4 nitrogen and oxygen atoms in total. The van der Waals surface area contributed by atoms with Crippen LogP contribution in [0.5, 0.6) is 5.75 Å². The van der Waals surface area contributed by atoms with Crippen LogP contribution in [-0.2, 0) is 16.0 Å². The van der Waals surface area contributed by atoms with Crippen LogP contribution >= 0.6 is 11.6 Å². The number of nitrogens with one attached hydrogen (secondary N) is 1. The number of ether oxygens (including phenoxy) is 2. The lowest BCUT2D eigenvalue weighted by atomic mass is 10.1. The summed E-state index contributed by atoms with van der Waals surface area (Å²) >= 11 is 5.93. The Kier molecular flexibility index (Phi) is 6.44. The van der Waals surface area contributed by atoms with Gasteiger partial charge >= 0.3 is 0 Å². The first-order valence-electron chi connectivity index (χ1n) is 7.35. The molecular weight excluding hydrogens is 314 g/mol. The van der Waals surface area contributed by atoms with Crippen molar-refractivity contribution in [2.75, 3.05) is 25.6 Å². The zero-order chi connectivity index (χ0) is 16.7. The molecule has 0 heterocycles. The van der Waals surface area contributed by atoms with E-state index in [0.717, 1.165) is 12.0 Å². The zero-order valence-electron chi connectivity index (χ0n) is 13.3. The molecule has 2 aromatic rings. The molecular formula is C18H20ClNO3. The fourth-order valence-corrected chi connectivity index (χ4v) is 2.21. The van der Waals surface area contributed by atoms with Crippen molar-refractivity contribution in [1.82, 2.24) is 0 Å². The largest absolute Gasteiger partial charge is 0.484 e. The van der Waals surface area contributed by atoms with Crippen molar-refractivity contribution >= 4 is 23.2 Å². The zero-order valence-corrected chi connectivity index (χ0v) is 14.0. The molecule has 23 heavy (non-hydrogen) atoms. The summed E-state index contributed by atoms with van der Waals surface area (Å²) < 4.78 is 10.5. The Morgan fingerprint density at radius 1 is 1.17 bits per heavy atom. The van der Waals surface area contributed by atoms with E-state index < -0.39 is 0 Å². The Hall–Kier alpha value is -2.04. The average Bonchev–Trinajstić information content (AvgIpc) is 2.55. The molecule has 0 radical (unpaired) electrons. The highest BCUT2D eigenvalue weighted by molar-refractivity contribution is 6.31. The van der Waals surface area contributed by atoms with E-state index in [1.807, 2.05) is 37.3 Å². The SMILES string of the molecule is COCCc1ccc(OCC(=O)Nc2cc(Cl)ccc2C)cc1. The van der Waals surface area contributed by atoms with Gasteiger partial charge in [-0.25, -0.2) is 0 Å². The third-order valence-corrected chi connectivity index (χ3v) is 3.60. The molecule has 0 aliphatic heterocycles. The molecule has 0 unspecified atom stereocenters. The summed E-state index contributed by atoms with van der Waals surface area (Å²) in [5, 5.41) is 3.38. The Balaban J connectivity index is 1.85. The molecule has 2 rings (SSSR count). The van der Waals surface area contributed by atoms with E-state index in [2.05, 4.69) is 5.32 Å². The van der Waals surface area contributed by atoms with E-state index in [1.165, 1.54) is 5.56 Å². The Bertz CT molecular complexity index is 656. The molecule has 0 fully saturated rings. The van der Waals surface area contributed by atoms with Crippen LogP contribution in [0, 0.1) is 6.92 Å². The Morgan fingerprint density at radius 2 is 1.91 bits per heavy atom. The minimum Gasteiger partial charge on any atom is -0.484 e. The second kappa shape index (κ2) is 8.56. The van der Waals surface area contributed by atoms with E-state index in [-0.39, 0.29) is 12.5 Å². The Morgan fingerprint density at radius 3 is 2.61 bits per heavy atom. The van der Waals surface area contributed by atoms with Crippen molar-refractivity contribution in [2.45, 2.75) is 13.3 Å². The third-order valence-electron chi connectivity index (χ3n) is 3.36. The van der Waals surface area contributed by atoms with E-state index >= 15 is 0 Å². The molecule has 0 aliphatic rings. The standard InChI is InChI=1S/C18H20ClNO3/c1-13-3-6-15(19)11-17(13)20-18(21)12-23-16-7-4-14(5-8-16)9-10-22-2/h3-8,11H,9-10,12H2,1-2H3,(H,20,21). The molecule has 0 saturated heterocycles. The highest BCUT2D eigenvalue weighted by atomic mass is 35.5. The van der Waals surface area contributed by atoms with Crippen molar-refractivity contribution in [3.8, 4) is 5.75 Å². The number of aryl methyl sites for hydroxylation is 1. The van der Waals surface area contributed by atoms with Gasteiger partial charge in [-0.2, -0.15) is 0 Å². The van der Waals surface area contributed by atoms with Gasteiger partial charge in [0.2, 0.25) is 0 Å². The lowest BCUT2D eigenvalue weighted by Gasteiger charge is -2.10. The second-order valence-corrected chi connectivity index (χ2v) is 5.62. The summed E-state index contributed by atoms with van der Waals surface area (Å²) in [4.78, 5) is 12.0. The van der Waals surface area contributed by atoms with Crippen molar-refractivity contribution in [2.24, 2.45) is 0 Å². The summed E-state index contributed by atoms with van der Waals surface area (Å²) in [6.45, 7) is 2.54. The average molecular weight is 334 g/mol. The van der Waals surface area contributed by atoms with Crippen LogP contribution in [0.1, 0.15) is 11.1 Å². The number of hydrogen-bond acceptors (Lipinski definition) is 3. The number of halogens is 1. The topological polar surface area (TPSA) is 47.6 Å². The van der Waals surface area contributed by atoms with Gasteiger partial charge in [0.25, 0.3) is 5.91 Å². The number of carbonyl (C=O) groups excluding carboxylic acids is 1. The number of benzene rings is 2. The number of rotatable bonds is 7. The van der Waals surface area contributed by atoms with Gasteiger partial charge in [0, 0.05) is 17.8 Å². The molecule has 1 amide bonds. The maximum absolute atomic E-state index is 12.0. The van der Waals surface area contributed by atoms with Crippen LogP contribution in [0.3, 0.4) is 0 Å². The van der Waals surface area contributed by atoms with Gasteiger partial charge in [-0.05, 0) is 48.7 Å². The van der Waals surface area contributed by atoms with Crippen LogP contribution < -0.4 is 10.1 Å². The van der Waals surface area contributed by atoms with Gasteiger partial charge < -0.3 is 14.8 Å². The van der Waals surface area contributed by atoms with Crippen LogP contribution in [0.2, 0.25) is 5.02 Å². The number of hydrogen-bond donors (Lipinski definition) is 1. The predicted molar refractivity (Wildman–Crippen MR) is 92.3 cm³/mol. The third kappa shape index (κ3) is 5.58. The highest BCUT2D eigenvalue weighted by Gasteiger charge is 2.06. The normalized spacial score (nSPS) is 10.4. The minimum absolute atomic E-state index is 0.0522. The minimum atomic E-state index is -0.223. The van der Waals surface area contributed by atoms with Crippen LogP contribution in [0.25, 0.3) is 0 Å². The maximum Gasteiger partial charge on any atom is 0.262 e. The van der Waals surface area contributed by atoms with Crippen molar-refractivity contribution in [3.63, 3.8) is 0 Å².